The zero-order valence-corrected chi connectivity index (χ0v) is 14.7. The van der Waals surface area contributed by atoms with Gasteiger partial charge in [-0.2, -0.15) is 9.78 Å². The van der Waals surface area contributed by atoms with Crippen molar-refractivity contribution in [2.45, 2.75) is 0 Å². The Kier molecular flexibility index (Phi) is 5.03. The van der Waals surface area contributed by atoms with E-state index >= 15 is 0 Å². The first-order valence-corrected chi connectivity index (χ1v) is 8.25. The largest absolute Gasteiger partial charge is 0.396 e. The molecule has 3 rings (SSSR count). The van der Waals surface area contributed by atoms with Crippen LogP contribution in [-0.2, 0) is 4.74 Å². The number of nitrogens with one attached hydrogen (secondary N) is 1. The first-order valence-electron chi connectivity index (χ1n) is 7.11. The van der Waals surface area contributed by atoms with Crippen molar-refractivity contribution in [3.8, 4) is 5.69 Å². The molecular weight excluding hydrogens is 377 g/mol. The summed E-state index contributed by atoms with van der Waals surface area (Å²) in [6, 6.07) is 5.03. The highest BCUT2D eigenvalue weighted by molar-refractivity contribution is 6.41. The van der Waals surface area contributed by atoms with E-state index in [4.69, 9.17) is 39.5 Å². The molecule has 0 atom stereocenters. The summed E-state index contributed by atoms with van der Waals surface area (Å²) in [7, 11) is 0. The average Bonchev–Trinajstić information content (AvgIpc) is 2.53. The molecule has 0 spiro atoms. The average molecular weight is 391 g/mol. The molecule has 128 valence electrons. The van der Waals surface area contributed by atoms with E-state index in [0.29, 0.717) is 36.2 Å². The minimum Gasteiger partial charge on any atom is -0.396 e. The predicted molar refractivity (Wildman–Crippen MR) is 93.7 cm³/mol. The second kappa shape index (κ2) is 6.90. The zero-order valence-electron chi connectivity index (χ0n) is 12.4. The van der Waals surface area contributed by atoms with E-state index in [1.807, 2.05) is 0 Å². The first kappa shape index (κ1) is 17.5. The molecule has 0 aliphatic carbocycles. The summed E-state index contributed by atoms with van der Waals surface area (Å²) in [5.74, 6) is 0. The number of aliphatic hydroxyl groups excluding tert-OH is 1. The van der Waals surface area contributed by atoms with E-state index in [9.17, 15) is 9.90 Å². The molecule has 1 aliphatic rings. The number of halogens is 3. The van der Waals surface area contributed by atoms with Crippen LogP contribution in [0.1, 0.15) is 0 Å². The number of rotatable bonds is 5. The molecule has 0 unspecified atom stereocenters. The van der Waals surface area contributed by atoms with Gasteiger partial charge in [-0.1, -0.05) is 34.8 Å². The molecule has 0 bridgehead atoms. The minimum absolute atomic E-state index is 0.0400. The lowest BCUT2D eigenvalue weighted by molar-refractivity contribution is -0.128. The van der Waals surface area contributed by atoms with Gasteiger partial charge in [0.25, 0.3) is 5.56 Å². The highest BCUT2D eigenvalue weighted by Crippen LogP contribution is 2.30. The SMILES string of the molecule is O=c1c(Cl)c(Cl)cnn1-c1ccc(NCC2(CO)COC2)c(Cl)c1. The summed E-state index contributed by atoms with van der Waals surface area (Å²) in [4.78, 5) is 12.1. The number of benzene rings is 1. The van der Waals surface area contributed by atoms with Crippen molar-refractivity contribution in [3.63, 3.8) is 0 Å². The second-order valence-corrected chi connectivity index (χ2v) is 6.88. The third kappa shape index (κ3) is 3.25. The van der Waals surface area contributed by atoms with Gasteiger partial charge in [-0.3, -0.25) is 4.79 Å². The van der Waals surface area contributed by atoms with Crippen LogP contribution >= 0.6 is 34.8 Å². The smallest absolute Gasteiger partial charge is 0.291 e. The molecule has 6 nitrogen and oxygen atoms in total. The fourth-order valence-corrected chi connectivity index (χ4v) is 2.79. The summed E-state index contributed by atoms with van der Waals surface area (Å²) in [6.45, 7) is 1.59. The number of nitrogens with zero attached hydrogens (tertiary/aromatic N) is 2. The van der Waals surface area contributed by atoms with Gasteiger partial charge in [-0.25, -0.2) is 0 Å². The van der Waals surface area contributed by atoms with Crippen molar-refractivity contribution in [1.82, 2.24) is 9.78 Å². The van der Waals surface area contributed by atoms with Gasteiger partial charge in [0.05, 0.1) is 52.9 Å². The normalized spacial score (nSPS) is 15.8. The number of anilines is 1. The summed E-state index contributed by atoms with van der Waals surface area (Å²) < 4.78 is 6.28. The van der Waals surface area contributed by atoms with Crippen LogP contribution in [0.3, 0.4) is 0 Å². The number of ether oxygens (including phenoxy) is 1. The summed E-state index contributed by atoms with van der Waals surface area (Å²) in [5, 5.41) is 17.0. The fraction of sp³-hybridized carbons (Fsp3) is 0.333. The number of hydrogen-bond donors (Lipinski definition) is 2. The Labute approximate surface area is 152 Å². The molecule has 9 heteroatoms. The van der Waals surface area contributed by atoms with Crippen molar-refractivity contribution in [2.24, 2.45) is 5.41 Å². The molecule has 0 radical (unpaired) electrons. The van der Waals surface area contributed by atoms with Gasteiger partial charge in [-0.05, 0) is 18.2 Å². The lowest BCUT2D eigenvalue weighted by atomic mass is 9.87. The summed E-state index contributed by atoms with van der Waals surface area (Å²) >= 11 is 17.9. The van der Waals surface area contributed by atoms with Gasteiger partial charge in [0, 0.05) is 6.54 Å². The summed E-state index contributed by atoms with van der Waals surface area (Å²) in [5.41, 5.74) is 0.363. The second-order valence-electron chi connectivity index (χ2n) is 5.69. The maximum absolute atomic E-state index is 12.1. The molecule has 24 heavy (non-hydrogen) atoms. The Hall–Kier alpha value is -1.31. The van der Waals surface area contributed by atoms with Crippen molar-refractivity contribution in [1.29, 1.82) is 0 Å². The van der Waals surface area contributed by atoms with E-state index in [2.05, 4.69) is 10.4 Å². The molecule has 1 aliphatic heterocycles. The highest BCUT2D eigenvalue weighted by Gasteiger charge is 2.37. The van der Waals surface area contributed by atoms with E-state index in [1.165, 1.54) is 6.20 Å². The predicted octanol–water partition coefficient (Wildman–Crippen LogP) is 2.61. The van der Waals surface area contributed by atoms with Crippen LogP contribution in [-0.4, -0.2) is 41.3 Å². The van der Waals surface area contributed by atoms with Crippen LogP contribution in [0.4, 0.5) is 5.69 Å². The number of hydrogen-bond acceptors (Lipinski definition) is 5. The Morgan fingerprint density at radius 2 is 2.04 bits per heavy atom. The lowest BCUT2D eigenvalue weighted by Crippen LogP contribution is -2.50. The third-order valence-electron chi connectivity index (χ3n) is 3.88. The molecule has 1 aromatic carbocycles. The van der Waals surface area contributed by atoms with E-state index in [0.717, 1.165) is 4.68 Å². The van der Waals surface area contributed by atoms with Gasteiger partial charge in [-0.15, -0.1) is 0 Å². The van der Waals surface area contributed by atoms with Crippen molar-refractivity contribution < 1.29 is 9.84 Å². The molecule has 0 saturated carbocycles. The molecule has 1 fully saturated rings. The Balaban J connectivity index is 1.83. The van der Waals surface area contributed by atoms with Gasteiger partial charge < -0.3 is 15.2 Å². The van der Waals surface area contributed by atoms with Crippen LogP contribution in [0.5, 0.6) is 0 Å². The molecular formula is C15H14Cl3N3O3. The zero-order chi connectivity index (χ0) is 17.3. The van der Waals surface area contributed by atoms with E-state index in [1.54, 1.807) is 18.2 Å². The van der Waals surface area contributed by atoms with E-state index in [-0.39, 0.29) is 22.1 Å². The summed E-state index contributed by atoms with van der Waals surface area (Å²) in [6.07, 6.45) is 1.30. The molecule has 2 aromatic rings. The van der Waals surface area contributed by atoms with Gasteiger partial charge in [0.2, 0.25) is 0 Å². The molecule has 1 aromatic heterocycles. The Morgan fingerprint density at radius 1 is 1.29 bits per heavy atom. The molecule has 1 saturated heterocycles. The molecule has 2 heterocycles. The number of aliphatic hydroxyl groups is 1. The van der Waals surface area contributed by atoms with Crippen molar-refractivity contribution >= 4 is 40.5 Å². The van der Waals surface area contributed by atoms with Crippen LogP contribution in [0.2, 0.25) is 15.1 Å². The van der Waals surface area contributed by atoms with Crippen LogP contribution in [0.15, 0.2) is 29.2 Å². The minimum atomic E-state index is -0.521. The monoisotopic (exact) mass is 389 g/mol. The van der Waals surface area contributed by atoms with Crippen molar-refractivity contribution in [2.75, 3.05) is 31.7 Å². The fourth-order valence-electron chi connectivity index (χ4n) is 2.30. The number of aromatic nitrogens is 2. The van der Waals surface area contributed by atoms with Gasteiger partial charge in [0.1, 0.15) is 5.02 Å². The van der Waals surface area contributed by atoms with E-state index < -0.39 is 5.56 Å². The van der Waals surface area contributed by atoms with Crippen LogP contribution in [0.25, 0.3) is 5.69 Å². The van der Waals surface area contributed by atoms with Gasteiger partial charge >= 0.3 is 0 Å². The Morgan fingerprint density at radius 3 is 2.62 bits per heavy atom. The quantitative estimate of drug-likeness (QED) is 0.821. The lowest BCUT2D eigenvalue weighted by Gasteiger charge is -2.40. The molecule has 2 N–H and O–H groups in total. The van der Waals surface area contributed by atoms with Crippen LogP contribution < -0.4 is 10.9 Å². The van der Waals surface area contributed by atoms with Crippen molar-refractivity contribution in [3.05, 3.63) is 49.8 Å². The third-order valence-corrected chi connectivity index (χ3v) is 4.94. The maximum atomic E-state index is 12.1. The van der Waals surface area contributed by atoms with Crippen LogP contribution in [0, 0.1) is 5.41 Å². The van der Waals surface area contributed by atoms with Gasteiger partial charge in [0.15, 0.2) is 0 Å². The standard InChI is InChI=1S/C15H14Cl3N3O3/c16-10-3-9(21-14(23)13(18)11(17)4-20-21)1-2-12(10)19-5-15(6-22)7-24-8-15/h1-4,19,22H,5-8H2. The Bertz CT molecular complexity index is 816. The molecule has 0 amide bonds. The highest BCUT2D eigenvalue weighted by atomic mass is 35.5. The first-order chi connectivity index (χ1) is 11.5. The topological polar surface area (TPSA) is 76.4 Å². The maximum Gasteiger partial charge on any atom is 0.291 e.